The summed E-state index contributed by atoms with van der Waals surface area (Å²) < 4.78 is 27.0. The van der Waals surface area contributed by atoms with E-state index in [0.717, 1.165) is 0 Å². The molecule has 108 valence electrons. The average Bonchev–Trinajstić information content (AvgIpc) is 2.41. The van der Waals surface area contributed by atoms with Crippen LogP contribution in [0.25, 0.3) is 0 Å². The Balaban J connectivity index is 0.000000274. The van der Waals surface area contributed by atoms with Crippen LogP contribution < -0.4 is 0 Å². The number of nitrogens with zero attached hydrogens (tertiary/aromatic N) is 2. The van der Waals surface area contributed by atoms with E-state index in [0.29, 0.717) is 0 Å². The van der Waals surface area contributed by atoms with Crippen LogP contribution in [0.2, 0.25) is 0 Å². The van der Waals surface area contributed by atoms with Gasteiger partial charge in [-0.1, -0.05) is 12.1 Å². The maximum absolute atomic E-state index is 9.62. The molecule has 0 aromatic carbocycles. The Kier molecular flexibility index (Phi) is 9.36. The molecule has 0 amide bonds. The molecule has 0 aliphatic carbocycles. The van der Waals surface area contributed by atoms with Gasteiger partial charge in [-0.3, -0.25) is 19.3 Å². The van der Waals surface area contributed by atoms with E-state index in [9.17, 15) is 13.2 Å². The largest absolute Gasteiger partial charge is 0.480 e. The van der Waals surface area contributed by atoms with Gasteiger partial charge >= 0.3 is 5.97 Å². The normalized spacial score (nSPS) is 9.25. The van der Waals surface area contributed by atoms with Gasteiger partial charge in [0.05, 0.1) is 0 Å². The van der Waals surface area contributed by atoms with Crippen LogP contribution >= 0.6 is 0 Å². The number of carboxylic acids is 1. The van der Waals surface area contributed by atoms with Crippen LogP contribution in [0.15, 0.2) is 61.2 Å². The second kappa shape index (κ2) is 10.6. The van der Waals surface area contributed by atoms with Crippen LogP contribution in [0.3, 0.4) is 0 Å². The van der Waals surface area contributed by atoms with Crippen LogP contribution in [0.4, 0.5) is 0 Å². The van der Waals surface area contributed by atoms with E-state index in [2.05, 4.69) is 9.97 Å². The van der Waals surface area contributed by atoms with E-state index >= 15 is 0 Å². The van der Waals surface area contributed by atoms with Gasteiger partial charge in [0, 0.05) is 24.8 Å². The van der Waals surface area contributed by atoms with Gasteiger partial charge in [-0.2, -0.15) is 8.42 Å². The Hall–Kier alpha value is -2.32. The van der Waals surface area contributed by atoms with Gasteiger partial charge in [0.15, 0.2) is 5.75 Å². The van der Waals surface area contributed by atoms with E-state index in [1.165, 1.54) is 0 Å². The lowest BCUT2D eigenvalue weighted by Crippen LogP contribution is -2.13. The minimum absolute atomic E-state index is 1.23. The fraction of sp³-hybridized carbons (Fsp3) is 0.0833. The second-order valence-corrected chi connectivity index (χ2v) is 4.62. The summed E-state index contributed by atoms with van der Waals surface area (Å²) in [4.78, 5) is 17.0. The minimum atomic E-state index is -4.32. The van der Waals surface area contributed by atoms with Crippen molar-refractivity contribution in [2.75, 3.05) is 5.75 Å². The van der Waals surface area contributed by atoms with Crippen molar-refractivity contribution < 1.29 is 22.9 Å². The molecule has 2 heterocycles. The smallest absolute Gasteiger partial charge is 0.321 e. The zero-order chi connectivity index (χ0) is 15.3. The number of aliphatic carboxylic acids is 1. The third-order valence-electron chi connectivity index (χ3n) is 1.44. The van der Waals surface area contributed by atoms with Crippen molar-refractivity contribution in [2.24, 2.45) is 0 Å². The summed E-state index contributed by atoms with van der Waals surface area (Å²) in [6.07, 6.45) is 7.00. The lowest BCUT2D eigenvalue weighted by molar-refractivity contribution is -0.134. The van der Waals surface area contributed by atoms with Crippen LogP contribution in [0.5, 0.6) is 0 Å². The molecule has 0 bridgehead atoms. The number of aromatic nitrogens is 2. The van der Waals surface area contributed by atoms with Gasteiger partial charge in [0.1, 0.15) is 0 Å². The third-order valence-corrected chi connectivity index (χ3v) is 2.05. The second-order valence-electron chi connectivity index (χ2n) is 3.17. The average molecular weight is 298 g/mol. The number of hydrogen-bond donors (Lipinski definition) is 2. The van der Waals surface area contributed by atoms with Gasteiger partial charge in [0.2, 0.25) is 0 Å². The maximum Gasteiger partial charge on any atom is 0.321 e. The highest BCUT2D eigenvalue weighted by atomic mass is 32.2. The van der Waals surface area contributed by atoms with Crippen LogP contribution in [-0.4, -0.2) is 39.8 Å². The van der Waals surface area contributed by atoms with Crippen molar-refractivity contribution in [3.05, 3.63) is 61.2 Å². The molecule has 0 saturated heterocycles. The topological polar surface area (TPSA) is 117 Å². The van der Waals surface area contributed by atoms with Crippen molar-refractivity contribution in [1.29, 1.82) is 0 Å². The Morgan fingerprint density at radius 2 is 1.20 bits per heavy atom. The molecule has 8 heteroatoms. The van der Waals surface area contributed by atoms with Crippen LogP contribution in [-0.2, 0) is 14.9 Å². The van der Waals surface area contributed by atoms with Gasteiger partial charge in [-0.05, 0) is 24.3 Å². The lowest BCUT2D eigenvalue weighted by atomic mass is 10.5. The van der Waals surface area contributed by atoms with Crippen molar-refractivity contribution in [3.8, 4) is 0 Å². The molecule has 0 atom stereocenters. The summed E-state index contributed by atoms with van der Waals surface area (Å²) in [6, 6.07) is 11.4. The Bertz CT molecular complexity index is 476. The first kappa shape index (κ1) is 17.7. The maximum atomic E-state index is 9.62. The number of carbonyl (C=O) groups is 1. The zero-order valence-corrected chi connectivity index (χ0v) is 11.2. The highest BCUT2D eigenvalue weighted by Gasteiger charge is 2.09. The SMILES string of the molecule is O=C(O)CS(=O)(=O)O.c1ccncc1.c1ccncc1. The summed E-state index contributed by atoms with van der Waals surface area (Å²) >= 11 is 0. The Morgan fingerprint density at radius 3 is 1.25 bits per heavy atom. The molecule has 2 N–H and O–H groups in total. The van der Waals surface area contributed by atoms with E-state index in [-0.39, 0.29) is 0 Å². The first-order valence-corrected chi connectivity index (χ1v) is 6.89. The highest BCUT2D eigenvalue weighted by Crippen LogP contribution is 1.78. The predicted octanol–water partition coefficient (Wildman–Crippen LogP) is 1.12. The molecule has 2 aromatic heterocycles. The quantitative estimate of drug-likeness (QED) is 0.798. The molecule has 7 nitrogen and oxygen atoms in total. The molecule has 0 unspecified atom stereocenters. The minimum Gasteiger partial charge on any atom is -0.480 e. The third kappa shape index (κ3) is 15.7. The zero-order valence-electron chi connectivity index (χ0n) is 10.4. The molecular formula is C12H14N2O5S. The highest BCUT2D eigenvalue weighted by molar-refractivity contribution is 7.86. The van der Waals surface area contributed by atoms with E-state index in [1.54, 1.807) is 24.8 Å². The van der Waals surface area contributed by atoms with Gasteiger partial charge < -0.3 is 5.11 Å². The van der Waals surface area contributed by atoms with Gasteiger partial charge in [-0.25, -0.2) is 0 Å². The number of hydrogen-bond acceptors (Lipinski definition) is 5. The monoisotopic (exact) mass is 298 g/mol. The molecule has 0 aliphatic rings. The summed E-state index contributed by atoms with van der Waals surface area (Å²) in [7, 11) is -4.32. The molecule has 0 fully saturated rings. The standard InChI is InChI=1S/2C5H5N.C2H4O5S/c2*1-2-4-6-5-3-1;3-2(4)1-8(5,6)7/h2*1-5H;1H2,(H,3,4)(H,5,6,7). The lowest BCUT2D eigenvalue weighted by Gasteiger charge is -1.85. The van der Waals surface area contributed by atoms with Crippen molar-refractivity contribution in [1.82, 2.24) is 9.97 Å². The van der Waals surface area contributed by atoms with Crippen molar-refractivity contribution in [3.63, 3.8) is 0 Å². The molecule has 20 heavy (non-hydrogen) atoms. The first-order chi connectivity index (χ1) is 9.42. The van der Waals surface area contributed by atoms with E-state index in [4.69, 9.17) is 9.66 Å². The molecule has 2 aromatic rings. The molecule has 0 aliphatic heterocycles. The number of carboxylic acid groups (broad SMARTS) is 1. The molecular weight excluding hydrogens is 284 g/mol. The summed E-state index contributed by atoms with van der Waals surface area (Å²) in [5.41, 5.74) is 0. The summed E-state index contributed by atoms with van der Waals surface area (Å²) in [6.45, 7) is 0. The van der Waals surface area contributed by atoms with Crippen molar-refractivity contribution >= 4 is 16.1 Å². The van der Waals surface area contributed by atoms with Gasteiger partial charge in [-0.15, -0.1) is 0 Å². The molecule has 0 saturated carbocycles. The van der Waals surface area contributed by atoms with Crippen LogP contribution in [0, 0.1) is 0 Å². The first-order valence-electron chi connectivity index (χ1n) is 5.29. The fourth-order valence-corrected chi connectivity index (χ4v) is 1.09. The van der Waals surface area contributed by atoms with E-state index < -0.39 is 21.8 Å². The fourth-order valence-electron chi connectivity index (χ4n) is 0.781. The summed E-state index contributed by atoms with van der Waals surface area (Å²) in [5, 5.41) is 7.71. The van der Waals surface area contributed by atoms with Gasteiger partial charge in [0.25, 0.3) is 10.1 Å². The van der Waals surface area contributed by atoms with Crippen LogP contribution in [0.1, 0.15) is 0 Å². The van der Waals surface area contributed by atoms with E-state index in [1.807, 2.05) is 36.4 Å². The number of rotatable bonds is 2. The summed E-state index contributed by atoms with van der Waals surface area (Å²) in [5.74, 6) is -2.79. The Morgan fingerprint density at radius 1 is 0.850 bits per heavy atom. The molecule has 2 rings (SSSR count). The van der Waals surface area contributed by atoms with Crippen molar-refractivity contribution in [2.45, 2.75) is 0 Å². The Labute approximate surface area is 116 Å². The molecule has 0 spiro atoms. The number of pyridine rings is 2. The predicted molar refractivity (Wildman–Crippen MR) is 72.5 cm³/mol. The molecule has 0 radical (unpaired) electrons.